The highest BCUT2D eigenvalue weighted by molar-refractivity contribution is 7.89. The van der Waals surface area contributed by atoms with E-state index in [-0.39, 0.29) is 41.5 Å². The van der Waals surface area contributed by atoms with E-state index in [1.165, 1.54) is 57.4 Å². The fourth-order valence-corrected chi connectivity index (χ4v) is 5.55. The van der Waals surface area contributed by atoms with Gasteiger partial charge in [0.15, 0.2) is 0 Å². The smallest absolute Gasteiger partial charge is 0.248 e. The monoisotopic (exact) mass is 410 g/mol. The van der Waals surface area contributed by atoms with Gasteiger partial charge in [0.25, 0.3) is 0 Å². The highest BCUT2D eigenvalue weighted by atomic mass is 32.2. The Kier molecular flexibility index (Phi) is 5.29. The summed E-state index contributed by atoms with van der Waals surface area (Å²) in [5.41, 5.74) is 5.36. The molecule has 3 rings (SSSR count). The summed E-state index contributed by atoms with van der Waals surface area (Å²) < 4.78 is 53.1. The van der Waals surface area contributed by atoms with Crippen LogP contribution in [0.3, 0.4) is 0 Å². The number of primary amides is 1. The third kappa shape index (κ3) is 3.86. The van der Waals surface area contributed by atoms with E-state index in [9.17, 15) is 21.6 Å². The Labute approximate surface area is 157 Å². The van der Waals surface area contributed by atoms with Gasteiger partial charge in [0.2, 0.25) is 26.0 Å². The van der Waals surface area contributed by atoms with Gasteiger partial charge in [-0.3, -0.25) is 9.78 Å². The van der Waals surface area contributed by atoms with Crippen molar-refractivity contribution in [3.63, 3.8) is 0 Å². The molecule has 144 valence electrons. The zero-order valence-corrected chi connectivity index (χ0v) is 15.9. The van der Waals surface area contributed by atoms with Crippen LogP contribution < -0.4 is 5.73 Å². The van der Waals surface area contributed by atoms with E-state index in [2.05, 4.69) is 4.98 Å². The van der Waals surface area contributed by atoms with Gasteiger partial charge in [-0.2, -0.15) is 8.61 Å². The van der Waals surface area contributed by atoms with Crippen LogP contribution in [0.1, 0.15) is 10.4 Å². The summed E-state index contributed by atoms with van der Waals surface area (Å²) in [5, 5.41) is 0. The predicted octanol–water partition coefficient (Wildman–Crippen LogP) is -0.124. The molecule has 27 heavy (non-hydrogen) atoms. The topological polar surface area (TPSA) is 131 Å². The Morgan fingerprint density at radius 2 is 1.37 bits per heavy atom. The van der Waals surface area contributed by atoms with Crippen LogP contribution in [0.15, 0.2) is 58.6 Å². The van der Waals surface area contributed by atoms with Crippen LogP contribution in [0.2, 0.25) is 0 Å². The van der Waals surface area contributed by atoms with Crippen LogP contribution in [0.5, 0.6) is 0 Å². The molecule has 9 nitrogen and oxygen atoms in total. The molecule has 0 radical (unpaired) electrons. The van der Waals surface area contributed by atoms with Crippen LogP contribution in [-0.2, 0) is 20.0 Å². The first-order valence-electron chi connectivity index (χ1n) is 8.03. The molecule has 1 fully saturated rings. The minimum absolute atomic E-state index is 0.0241. The Hall–Kier alpha value is -2.34. The fourth-order valence-electron chi connectivity index (χ4n) is 2.74. The molecular weight excluding hydrogens is 392 g/mol. The molecule has 0 unspecified atom stereocenters. The summed E-state index contributed by atoms with van der Waals surface area (Å²) in [5.74, 6) is -0.645. The first kappa shape index (κ1) is 19.4. The van der Waals surface area contributed by atoms with Gasteiger partial charge in [-0.15, -0.1) is 0 Å². The van der Waals surface area contributed by atoms with Crippen LogP contribution in [-0.4, -0.2) is 62.5 Å². The van der Waals surface area contributed by atoms with Gasteiger partial charge in [0, 0.05) is 44.1 Å². The molecule has 2 heterocycles. The molecule has 2 aromatic rings. The van der Waals surface area contributed by atoms with Gasteiger partial charge in [0.05, 0.1) is 4.90 Å². The van der Waals surface area contributed by atoms with Gasteiger partial charge < -0.3 is 5.73 Å². The van der Waals surface area contributed by atoms with Crippen molar-refractivity contribution in [1.29, 1.82) is 0 Å². The van der Waals surface area contributed by atoms with Crippen molar-refractivity contribution in [3.8, 4) is 0 Å². The van der Waals surface area contributed by atoms with Gasteiger partial charge in [-0.05, 0) is 36.4 Å². The summed E-state index contributed by atoms with van der Waals surface area (Å²) in [6.45, 7) is 0.129. The Morgan fingerprint density at radius 3 is 1.81 bits per heavy atom. The van der Waals surface area contributed by atoms with Gasteiger partial charge in [0.1, 0.15) is 4.90 Å². The number of nitrogens with two attached hydrogens (primary N) is 1. The Morgan fingerprint density at radius 1 is 0.852 bits per heavy atom. The number of benzene rings is 1. The molecule has 1 aromatic carbocycles. The summed E-state index contributed by atoms with van der Waals surface area (Å²) >= 11 is 0. The molecule has 0 spiro atoms. The SMILES string of the molecule is NC(=O)c1ccc(S(=O)(=O)N2CCN(S(=O)(=O)c3cccnc3)CC2)cc1. The van der Waals surface area contributed by atoms with E-state index in [0.717, 1.165) is 0 Å². The number of hydrogen-bond acceptors (Lipinski definition) is 6. The number of aromatic nitrogens is 1. The molecule has 0 aliphatic carbocycles. The first-order valence-corrected chi connectivity index (χ1v) is 10.9. The normalized spacial score (nSPS) is 16.9. The number of carbonyl (C=O) groups excluding carboxylic acids is 1. The van der Waals surface area contributed by atoms with Crippen molar-refractivity contribution >= 4 is 26.0 Å². The third-order valence-corrected chi connectivity index (χ3v) is 8.04. The Bertz CT molecular complexity index is 1030. The number of carbonyl (C=O) groups is 1. The lowest BCUT2D eigenvalue weighted by Gasteiger charge is -2.33. The number of rotatable bonds is 5. The summed E-state index contributed by atoms with van der Waals surface area (Å²) in [4.78, 5) is 15.0. The van der Waals surface area contributed by atoms with Gasteiger partial charge in [-0.1, -0.05) is 0 Å². The van der Waals surface area contributed by atoms with Crippen molar-refractivity contribution < 1.29 is 21.6 Å². The zero-order valence-electron chi connectivity index (χ0n) is 14.2. The number of sulfonamides is 2. The van der Waals surface area contributed by atoms with Gasteiger partial charge in [-0.25, -0.2) is 16.8 Å². The van der Waals surface area contributed by atoms with E-state index < -0.39 is 26.0 Å². The average Bonchev–Trinajstić information content (AvgIpc) is 2.69. The molecule has 2 N–H and O–H groups in total. The van der Waals surface area contributed by atoms with Crippen LogP contribution >= 0.6 is 0 Å². The molecule has 1 saturated heterocycles. The first-order chi connectivity index (χ1) is 12.7. The molecule has 1 aromatic heterocycles. The number of piperazine rings is 1. The van der Waals surface area contributed by atoms with Crippen LogP contribution in [0, 0.1) is 0 Å². The van der Waals surface area contributed by atoms with E-state index in [1.807, 2.05) is 0 Å². The molecular formula is C16H18N4O5S2. The minimum atomic E-state index is -3.79. The average molecular weight is 410 g/mol. The van der Waals surface area contributed by atoms with Crippen LogP contribution in [0.25, 0.3) is 0 Å². The highest BCUT2D eigenvalue weighted by Gasteiger charge is 2.33. The lowest BCUT2D eigenvalue weighted by atomic mass is 10.2. The van der Waals surface area contributed by atoms with Crippen molar-refractivity contribution in [1.82, 2.24) is 13.6 Å². The van der Waals surface area contributed by atoms with Crippen LogP contribution in [0.4, 0.5) is 0 Å². The zero-order chi connectivity index (χ0) is 19.7. The van der Waals surface area contributed by atoms with Crippen molar-refractivity contribution in [2.75, 3.05) is 26.2 Å². The second-order valence-electron chi connectivity index (χ2n) is 5.89. The summed E-state index contributed by atoms with van der Waals surface area (Å²) in [6.07, 6.45) is 2.74. The summed E-state index contributed by atoms with van der Waals surface area (Å²) in [6, 6.07) is 8.30. The molecule has 1 aliphatic rings. The van der Waals surface area contributed by atoms with E-state index in [4.69, 9.17) is 5.73 Å². The predicted molar refractivity (Wildman–Crippen MR) is 96.7 cm³/mol. The number of amides is 1. The standard InChI is InChI=1S/C16H18N4O5S2/c17-16(21)13-3-5-14(6-4-13)26(22,23)19-8-10-20(11-9-19)27(24,25)15-2-1-7-18-12-15/h1-7,12H,8-11H2,(H2,17,21). The molecule has 0 bridgehead atoms. The molecule has 0 saturated carbocycles. The third-order valence-electron chi connectivity index (χ3n) is 4.25. The number of nitrogens with zero attached hydrogens (tertiary/aromatic N) is 3. The van der Waals surface area contributed by atoms with E-state index >= 15 is 0 Å². The van der Waals surface area contributed by atoms with Crippen molar-refractivity contribution in [2.24, 2.45) is 5.73 Å². The molecule has 1 amide bonds. The Balaban J connectivity index is 1.74. The number of pyridine rings is 1. The molecule has 11 heteroatoms. The minimum Gasteiger partial charge on any atom is -0.366 e. The molecule has 0 atom stereocenters. The maximum absolute atomic E-state index is 12.7. The maximum atomic E-state index is 12.7. The van der Waals surface area contributed by atoms with Crippen molar-refractivity contribution in [3.05, 3.63) is 54.4 Å². The number of hydrogen-bond donors (Lipinski definition) is 1. The summed E-state index contributed by atoms with van der Waals surface area (Å²) in [7, 11) is -7.50. The maximum Gasteiger partial charge on any atom is 0.248 e. The van der Waals surface area contributed by atoms with Gasteiger partial charge >= 0.3 is 0 Å². The largest absolute Gasteiger partial charge is 0.366 e. The van der Waals surface area contributed by atoms with E-state index in [1.54, 1.807) is 0 Å². The highest BCUT2D eigenvalue weighted by Crippen LogP contribution is 2.21. The lowest BCUT2D eigenvalue weighted by molar-refractivity contribution is 0.1000. The fraction of sp³-hybridized carbons (Fsp3) is 0.250. The second kappa shape index (κ2) is 7.35. The van der Waals surface area contributed by atoms with Crippen molar-refractivity contribution in [2.45, 2.75) is 9.79 Å². The van der Waals surface area contributed by atoms with E-state index in [0.29, 0.717) is 0 Å². The lowest BCUT2D eigenvalue weighted by Crippen LogP contribution is -2.50. The molecule has 1 aliphatic heterocycles. The quantitative estimate of drug-likeness (QED) is 0.731. The second-order valence-corrected chi connectivity index (χ2v) is 9.76.